The molecule has 0 spiro atoms. The Morgan fingerprint density at radius 3 is 2.45 bits per heavy atom. The van der Waals surface area contributed by atoms with Gasteiger partial charge in [0.05, 0.1) is 0 Å². The third kappa shape index (κ3) is 4.09. The fraction of sp³-hybridized carbons (Fsp3) is 0.278. The minimum Gasteiger partial charge on any atom is -0.334 e. The predicted octanol–water partition coefficient (Wildman–Crippen LogP) is 3.08. The zero-order valence-electron chi connectivity index (χ0n) is 12.5. The summed E-state index contributed by atoms with van der Waals surface area (Å²) in [6.45, 7) is 2.86. The van der Waals surface area contributed by atoms with Crippen molar-refractivity contribution in [3.8, 4) is 0 Å². The van der Waals surface area contributed by atoms with Crippen molar-refractivity contribution >= 4 is 11.7 Å². The van der Waals surface area contributed by atoms with Gasteiger partial charge in [0.1, 0.15) is 0 Å². The third-order valence-electron chi connectivity index (χ3n) is 3.89. The van der Waals surface area contributed by atoms with Gasteiger partial charge in [-0.15, -0.1) is 0 Å². The molecule has 2 amide bonds. The molecular weight excluding hydrogens is 274 g/mol. The molecule has 1 saturated heterocycles. The highest BCUT2D eigenvalue weighted by Crippen LogP contribution is 2.13. The van der Waals surface area contributed by atoms with E-state index >= 15 is 0 Å². The zero-order valence-corrected chi connectivity index (χ0v) is 12.5. The van der Waals surface area contributed by atoms with Crippen LogP contribution in [0.15, 0.2) is 60.7 Å². The fourth-order valence-corrected chi connectivity index (χ4v) is 2.81. The molecule has 2 aromatic carbocycles. The quantitative estimate of drug-likeness (QED) is 0.910. The Balaban J connectivity index is 1.46. The van der Waals surface area contributed by atoms with E-state index in [1.165, 1.54) is 5.56 Å². The molecule has 114 valence electrons. The maximum Gasteiger partial charge on any atom is 0.319 e. The van der Waals surface area contributed by atoms with Crippen molar-refractivity contribution in [3.05, 3.63) is 66.2 Å². The predicted molar refractivity (Wildman–Crippen MR) is 88.7 cm³/mol. The zero-order chi connectivity index (χ0) is 15.2. The van der Waals surface area contributed by atoms with Crippen LogP contribution in [0.25, 0.3) is 0 Å². The second-order valence-corrected chi connectivity index (χ2v) is 5.67. The summed E-state index contributed by atoms with van der Waals surface area (Å²) >= 11 is 0. The molecule has 22 heavy (non-hydrogen) atoms. The lowest BCUT2D eigenvalue weighted by atomic mass is 10.2. The number of hydrogen-bond donors (Lipinski definition) is 2. The van der Waals surface area contributed by atoms with Gasteiger partial charge in [0, 0.05) is 31.4 Å². The molecule has 3 rings (SSSR count). The molecule has 4 nitrogen and oxygen atoms in total. The minimum absolute atomic E-state index is 0.127. The van der Waals surface area contributed by atoms with Crippen LogP contribution in [-0.4, -0.2) is 30.1 Å². The molecule has 0 bridgehead atoms. The number of benzene rings is 2. The molecule has 1 aliphatic heterocycles. The number of rotatable bonds is 4. The van der Waals surface area contributed by atoms with Crippen molar-refractivity contribution in [1.82, 2.24) is 10.2 Å². The molecule has 4 heteroatoms. The van der Waals surface area contributed by atoms with Gasteiger partial charge in [-0.05, 0) is 24.1 Å². The van der Waals surface area contributed by atoms with E-state index in [4.69, 9.17) is 0 Å². The van der Waals surface area contributed by atoms with Gasteiger partial charge in [0.15, 0.2) is 0 Å². The number of urea groups is 1. The van der Waals surface area contributed by atoms with Crippen molar-refractivity contribution in [2.24, 2.45) is 0 Å². The summed E-state index contributed by atoms with van der Waals surface area (Å²) in [4.78, 5) is 14.4. The number of para-hydroxylation sites is 1. The third-order valence-corrected chi connectivity index (χ3v) is 3.89. The number of carbonyl (C=O) groups is 1. The highest BCUT2D eigenvalue weighted by Gasteiger charge is 2.23. The van der Waals surface area contributed by atoms with Crippen LogP contribution in [0, 0.1) is 0 Å². The second-order valence-electron chi connectivity index (χ2n) is 5.67. The first-order valence-electron chi connectivity index (χ1n) is 7.68. The first-order chi connectivity index (χ1) is 10.8. The van der Waals surface area contributed by atoms with Gasteiger partial charge in [-0.1, -0.05) is 48.5 Å². The van der Waals surface area contributed by atoms with Crippen LogP contribution in [0.2, 0.25) is 0 Å². The lowest BCUT2D eigenvalue weighted by molar-refractivity contribution is 0.247. The Kier molecular flexibility index (Phi) is 4.71. The van der Waals surface area contributed by atoms with Crippen molar-refractivity contribution in [2.75, 3.05) is 18.4 Å². The lowest BCUT2D eigenvalue weighted by Gasteiger charge is -2.17. The van der Waals surface area contributed by atoms with E-state index in [1.807, 2.05) is 36.4 Å². The van der Waals surface area contributed by atoms with E-state index in [9.17, 15) is 4.79 Å². The van der Waals surface area contributed by atoms with E-state index in [0.29, 0.717) is 0 Å². The van der Waals surface area contributed by atoms with Gasteiger partial charge in [0.2, 0.25) is 0 Å². The van der Waals surface area contributed by atoms with Crippen LogP contribution in [0.5, 0.6) is 0 Å². The van der Waals surface area contributed by atoms with Crippen LogP contribution >= 0.6 is 0 Å². The Hall–Kier alpha value is -2.33. The maximum atomic E-state index is 12.0. The number of amides is 2. The number of anilines is 1. The van der Waals surface area contributed by atoms with Gasteiger partial charge in [-0.3, -0.25) is 4.90 Å². The molecule has 0 aliphatic carbocycles. The molecule has 1 aliphatic rings. The summed E-state index contributed by atoms with van der Waals surface area (Å²) in [5.41, 5.74) is 2.14. The number of nitrogens with one attached hydrogen (secondary N) is 2. The molecule has 0 saturated carbocycles. The summed E-state index contributed by atoms with van der Waals surface area (Å²) in [5, 5.41) is 5.92. The Bertz CT molecular complexity index is 600. The maximum absolute atomic E-state index is 12.0. The van der Waals surface area contributed by atoms with E-state index in [0.717, 1.165) is 31.7 Å². The van der Waals surface area contributed by atoms with Crippen molar-refractivity contribution in [1.29, 1.82) is 0 Å². The number of hydrogen-bond acceptors (Lipinski definition) is 2. The molecule has 2 N–H and O–H groups in total. The number of carbonyl (C=O) groups excluding carboxylic acids is 1. The molecule has 1 fully saturated rings. The Labute approximate surface area is 131 Å². The van der Waals surface area contributed by atoms with E-state index in [2.05, 4.69) is 39.8 Å². The van der Waals surface area contributed by atoms with Crippen molar-refractivity contribution < 1.29 is 4.79 Å². The SMILES string of the molecule is O=C(Nc1ccccc1)NC1CCN(Cc2ccccc2)C1. The standard InChI is InChI=1S/C18H21N3O/c22-18(19-16-9-5-2-6-10-16)20-17-11-12-21(14-17)13-15-7-3-1-4-8-15/h1-10,17H,11-14H2,(H2,19,20,22). The minimum atomic E-state index is -0.127. The second kappa shape index (κ2) is 7.09. The summed E-state index contributed by atoms with van der Waals surface area (Å²) in [7, 11) is 0. The fourth-order valence-electron chi connectivity index (χ4n) is 2.81. The number of nitrogens with zero attached hydrogens (tertiary/aromatic N) is 1. The first-order valence-corrected chi connectivity index (χ1v) is 7.68. The highest BCUT2D eigenvalue weighted by molar-refractivity contribution is 5.89. The Morgan fingerprint density at radius 2 is 1.73 bits per heavy atom. The molecule has 0 radical (unpaired) electrons. The summed E-state index contributed by atoms with van der Waals surface area (Å²) < 4.78 is 0. The van der Waals surface area contributed by atoms with Crippen LogP contribution in [-0.2, 0) is 6.54 Å². The largest absolute Gasteiger partial charge is 0.334 e. The summed E-state index contributed by atoms with van der Waals surface area (Å²) in [5.74, 6) is 0. The number of likely N-dealkylation sites (tertiary alicyclic amines) is 1. The van der Waals surface area contributed by atoms with Crippen LogP contribution in [0.1, 0.15) is 12.0 Å². The highest BCUT2D eigenvalue weighted by atomic mass is 16.2. The Morgan fingerprint density at radius 1 is 1.05 bits per heavy atom. The summed E-state index contributed by atoms with van der Waals surface area (Å²) in [6.07, 6.45) is 0.995. The van der Waals surface area contributed by atoms with Crippen molar-refractivity contribution in [2.45, 2.75) is 19.0 Å². The average molecular weight is 295 g/mol. The molecular formula is C18H21N3O. The summed E-state index contributed by atoms with van der Waals surface area (Å²) in [6, 6.07) is 20.1. The molecule has 1 atom stereocenters. The van der Waals surface area contributed by atoms with Gasteiger partial charge >= 0.3 is 6.03 Å². The van der Waals surface area contributed by atoms with Gasteiger partial charge in [-0.25, -0.2) is 4.79 Å². The normalized spacial score (nSPS) is 18.1. The lowest BCUT2D eigenvalue weighted by Crippen LogP contribution is -2.39. The van der Waals surface area contributed by atoms with E-state index < -0.39 is 0 Å². The van der Waals surface area contributed by atoms with Crippen LogP contribution in [0.3, 0.4) is 0 Å². The van der Waals surface area contributed by atoms with E-state index in [1.54, 1.807) is 0 Å². The monoisotopic (exact) mass is 295 g/mol. The first kappa shape index (κ1) is 14.6. The van der Waals surface area contributed by atoms with Crippen molar-refractivity contribution in [3.63, 3.8) is 0 Å². The topological polar surface area (TPSA) is 44.4 Å². The van der Waals surface area contributed by atoms with Gasteiger partial charge < -0.3 is 10.6 Å². The molecule has 1 heterocycles. The van der Waals surface area contributed by atoms with Crippen LogP contribution < -0.4 is 10.6 Å². The smallest absolute Gasteiger partial charge is 0.319 e. The van der Waals surface area contributed by atoms with Gasteiger partial charge in [-0.2, -0.15) is 0 Å². The average Bonchev–Trinajstić information content (AvgIpc) is 2.96. The van der Waals surface area contributed by atoms with E-state index in [-0.39, 0.29) is 12.1 Å². The molecule has 2 aromatic rings. The molecule has 0 aromatic heterocycles. The van der Waals surface area contributed by atoms with Crippen LogP contribution in [0.4, 0.5) is 10.5 Å². The van der Waals surface area contributed by atoms with Gasteiger partial charge in [0.25, 0.3) is 0 Å². The molecule has 1 unspecified atom stereocenters.